The van der Waals surface area contributed by atoms with Crippen LogP contribution in [0, 0.1) is 17.2 Å². The summed E-state index contributed by atoms with van der Waals surface area (Å²) in [6.07, 6.45) is 1.47. The molecule has 1 unspecified atom stereocenters. The molecule has 1 heterocycles. The maximum atomic E-state index is 12.9. The van der Waals surface area contributed by atoms with Gasteiger partial charge in [-0.25, -0.2) is 4.99 Å². The Balaban J connectivity index is 1.88. The lowest BCUT2D eigenvalue weighted by Gasteiger charge is -2.30. The van der Waals surface area contributed by atoms with E-state index in [1.807, 2.05) is 0 Å². The highest BCUT2D eigenvalue weighted by atomic mass is 35.5. The Bertz CT molecular complexity index is 1250. The molecule has 2 atom stereocenters. The first-order valence-electron chi connectivity index (χ1n) is 10.3. The van der Waals surface area contributed by atoms with E-state index >= 15 is 0 Å². The molecule has 6 nitrogen and oxygen atoms in total. The van der Waals surface area contributed by atoms with E-state index in [-0.39, 0.29) is 23.8 Å². The highest BCUT2D eigenvalue weighted by Gasteiger charge is 2.40. The number of nitrogens with zero attached hydrogens (tertiary/aromatic N) is 2. The first-order chi connectivity index (χ1) is 16.7. The summed E-state index contributed by atoms with van der Waals surface area (Å²) in [5, 5.41) is 14.4. The molecule has 0 radical (unpaired) electrons. The molecule has 1 aliphatic rings. The third-order valence-corrected chi connectivity index (χ3v) is 7.08. The molecule has 2 aromatic carbocycles. The fourth-order valence-electron chi connectivity index (χ4n) is 3.53. The Morgan fingerprint density at radius 2 is 1.91 bits per heavy atom. The molecular formula is C25H20Cl3N3O3S. The van der Waals surface area contributed by atoms with Crippen molar-refractivity contribution < 1.29 is 14.3 Å². The van der Waals surface area contributed by atoms with Crippen LogP contribution in [0.25, 0.3) is 0 Å². The molecule has 0 saturated heterocycles. The van der Waals surface area contributed by atoms with Gasteiger partial charge < -0.3 is 10.1 Å². The number of ether oxygens (including phenoxy) is 1. The number of esters is 1. The molecule has 0 saturated carbocycles. The number of halogens is 3. The number of nitrogens with one attached hydrogen (secondary N) is 1. The molecule has 0 spiro atoms. The summed E-state index contributed by atoms with van der Waals surface area (Å²) in [7, 11) is 0. The minimum Gasteiger partial charge on any atom is -0.461 e. The van der Waals surface area contributed by atoms with Crippen molar-refractivity contribution in [1.29, 1.82) is 5.26 Å². The van der Waals surface area contributed by atoms with Gasteiger partial charge in [-0.15, -0.1) is 0 Å². The smallest absolute Gasteiger partial charge is 0.315 e. The Morgan fingerprint density at radius 1 is 1.20 bits per heavy atom. The zero-order chi connectivity index (χ0) is 25.5. The molecule has 180 valence electrons. The number of amides is 1. The average molecular weight is 549 g/mol. The van der Waals surface area contributed by atoms with Crippen LogP contribution in [0.1, 0.15) is 18.4 Å². The summed E-state index contributed by atoms with van der Waals surface area (Å²) < 4.78 is 5.30. The fourth-order valence-corrected chi connectivity index (χ4v) is 4.83. The Labute approximate surface area is 222 Å². The van der Waals surface area contributed by atoms with Crippen LogP contribution in [0.4, 0.5) is 5.69 Å². The first-order valence-corrected chi connectivity index (χ1v) is 12.5. The molecule has 0 aromatic heterocycles. The minimum atomic E-state index is -0.805. The van der Waals surface area contributed by atoms with Gasteiger partial charge in [0.05, 0.1) is 27.4 Å². The van der Waals surface area contributed by atoms with E-state index in [4.69, 9.17) is 39.5 Å². The number of allylic oxidation sites excluding steroid dienone is 1. The highest BCUT2D eigenvalue weighted by Crippen LogP contribution is 2.42. The summed E-state index contributed by atoms with van der Waals surface area (Å²) >= 11 is 19.1. The number of rotatable bonds is 8. The largest absolute Gasteiger partial charge is 0.461 e. The number of anilines is 1. The van der Waals surface area contributed by atoms with Gasteiger partial charge in [-0.3, -0.25) is 9.59 Å². The minimum absolute atomic E-state index is 0.0174. The van der Waals surface area contributed by atoms with Gasteiger partial charge in [-0.1, -0.05) is 71.4 Å². The molecule has 2 aromatic rings. The molecule has 1 aliphatic heterocycles. The monoisotopic (exact) mass is 547 g/mol. The quantitative estimate of drug-likeness (QED) is 0.294. The standard InChI is InChI=1S/C25H20Cl3N3O3S/c1-3-10-34-25(33)22-14(2)30-24(18(12-29)23(22)15-4-6-16(26)7-5-15)35-13-21(32)31-17-8-9-19(27)20(28)11-17/h3-9,11,22-23H,1,10,13H2,2H3,(H,31,32)/t22?,23-/m0/s1. The molecule has 3 rings (SSSR count). The van der Waals surface area contributed by atoms with E-state index in [1.54, 1.807) is 49.4 Å². The predicted octanol–water partition coefficient (Wildman–Crippen LogP) is 6.66. The van der Waals surface area contributed by atoms with Crippen molar-refractivity contribution in [3.63, 3.8) is 0 Å². The summed E-state index contributed by atoms with van der Waals surface area (Å²) in [5.74, 6) is -2.30. The fraction of sp³-hybridized carbons (Fsp3) is 0.200. The zero-order valence-electron chi connectivity index (χ0n) is 18.6. The lowest BCUT2D eigenvalue weighted by molar-refractivity contribution is -0.145. The van der Waals surface area contributed by atoms with Crippen LogP contribution in [0.15, 0.2) is 70.7 Å². The zero-order valence-corrected chi connectivity index (χ0v) is 21.6. The van der Waals surface area contributed by atoms with Crippen molar-refractivity contribution in [2.24, 2.45) is 10.9 Å². The van der Waals surface area contributed by atoms with Gasteiger partial charge in [-0.2, -0.15) is 5.26 Å². The molecule has 10 heteroatoms. The Kier molecular flexibility index (Phi) is 9.41. The van der Waals surface area contributed by atoms with E-state index in [2.05, 4.69) is 23.0 Å². The summed E-state index contributed by atoms with van der Waals surface area (Å²) in [4.78, 5) is 30.0. The highest BCUT2D eigenvalue weighted by molar-refractivity contribution is 8.03. The van der Waals surface area contributed by atoms with Crippen LogP contribution in [-0.2, 0) is 14.3 Å². The van der Waals surface area contributed by atoms with Gasteiger partial charge in [0.15, 0.2) is 0 Å². The maximum absolute atomic E-state index is 12.9. The van der Waals surface area contributed by atoms with E-state index in [0.717, 1.165) is 11.8 Å². The van der Waals surface area contributed by atoms with E-state index in [0.29, 0.717) is 37.1 Å². The molecule has 0 aliphatic carbocycles. The SMILES string of the molecule is C=CCOC(=O)C1C(C)=NC(SCC(=O)Nc2ccc(Cl)c(Cl)c2)=C(C#N)[C@@H]1c1ccc(Cl)cc1. The van der Waals surface area contributed by atoms with Gasteiger partial charge in [0.25, 0.3) is 0 Å². The van der Waals surface area contributed by atoms with Crippen LogP contribution in [0.5, 0.6) is 0 Å². The predicted molar refractivity (Wildman–Crippen MR) is 142 cm³/mol. The topological polar surface area (TPSA) is 91.5 Å². The van der Waals surface area contributed by atoms with E-state index < -0.39 is 17.8 Å². The molecule has 0 fully saturated rings. The van der Waals surface area contributed by atoms with Gasteiger partial charge in [0.2, 0.25) is 5.91 Å². The van der Waals surface area contributed by atoms with Crippen molar-refractivity contribution in [2.75, 3.05) is 17.7 Å². The van der Waals surface area contributed by atoms with Crippen molar-refractivity contribution >= 4 is 69.8 Å². The summed E-state index contributed by atoms with van der Waals surface area (Å²) in [5.41, 5.74) is 1.95. The number of nitriles is 1. The molecule has 1 N–H and O–H groups in total. The third-order valence-electron chi connectivity index (χ3n) is 5.09. The number of carbonyl (C=O) groups is 2. The Morgan fingerprint density at radius 3 is 2.54 bits per heavy atom. The van der Waals surface area contributed by atoms with Gasteiger partial charge in [0.1, 0.15) is 17.6 Å². The maximum Gasteiger partial charge on any atom is 0.315 e. The van der Waals surface area contributed by atoms with Crippen LogP contribution in [0.3, 0.4) is 0 Å². The lowest BCUT2D eigenvalue weighted by Crippen LogP contribution is -2.34. The normalized spacial score (nSPS) is 17.3. The van der Waals surface area contributed by atoms with Crippen molar-refractivity contribution in [1.82, 2.24) is 0 Å². The van der Waals surface area contributed by atoms with Crippen LogP contribution in [0.2, 0.25) is 15.1 Å². The van der Waals surface area contributed by atoms with Gasteiger partial charge >= 0.3 is 5.97 Å². The van der Waals surface area contributed by atoms with E-state index in [1.165, 1.54) is 6.08 Å². The summed E-state index contributed by atoms with van der Waals surface area (Å²) in [6.45, 7) is 5.31. The Hall–Kier alpha value is -2.76. The number of thioether (sulfide) groups is 1. The van der Waals surface area contributed by atoms with Crippen molar-refractivity contribution in [2.45, 2.75) is 12.8 Å². The second kappa shape index (κ2) is 12.3. The number of carbonyl (C=O) groups excluding carboxylic acids is 2. The lowest BCUT2D eigenvalue weighted by atomic mass is 9.77. The van der Waals surface area contributed by atoms with Crippen LogP contribution in [-0.4, -0.2) is 29.9 Å². The number of hydrogen-bond acceptors (Lipinski definition) is 6. The molecule has 1 amide bonds. The average Bonchev–Trinajstić information content (AvgIpc) is 2.83. The number of hydrogen-bond donors (Lipinski definition) is 1. The second-order valence-electron chi connectivity index (χ2n) is 7.48. The molecular weight excluding hydrogens is 529 g/mol. The van der Waals surface area contributed by atoms with Crippen molar-refractivity contribution in [3.8, 4) is 6.07 Å². The summed E-state index contributed by atoms with van der Waals surface area (Å²) in [6, 6.07) is 13.9. The third kappa shape index (κ3) is 6.68. The first kappa shape index (κ1) is 26.8. The second-order valence-corrected chi connectivity index (χ2v) is 9.69. The number of benzene rings is 2. The van der Waals surface area contributed by atoms with Gasteiger partial charge in [0, 0.05) is 22.3 Å². The number of aliphatic imine (C=N–C) groups is 1. The van der Waals surface area contributed by atoms with Gasteiger partial charge in [-0.05, 0) is 42.8 Å². The van der Waals surface area contributed by atoms with Crippen molar-refractivity contribution in [3.05, 3.63) is 86.4 Å². The molecule has 0 bridgehead atoms. The van der Waals surface area contributed by atoms with E-state index in [9.17, 15) is 14.9 Å². The molecule has 35 heavy (non-hydrogen) atoms. The van der Waals surface area contributed by atoms with Crippen LogP contribution >= 0.6 is 46.6 Å². The van der Waals surface area contributed by atoms with Crippen LogP contribution < -0.4 is 5.32 Å².